The van der Waals surface area contributed by atoms with Crippen LogP contribution in [0.25, 0.3) is 0 Å². The quantitative estimate of drug-likeness (QED) is 0.418. The Hall–Kier alpha value is -2.91. The van der Waals surface area contributed by atoms with Crippen LogP contribution in [0.5, 0.6) is 0 Å². The van der Waals surface area contributed by atoms with Crippen molar-refractivity contribution in [3.8, 4) is 0 Å². The van der Waals surface area contributed by atoms with Gasteiger partial charge in [-0.15, -0.1) is 0 Å². The van der Waals surface area contributed by atoms with Crippen molar-refractivity contribution in [2.75, 3.05) is 6.61 Å². The van der Waals surface area contributed by atoms with Crippen molar-refractivity contribution < 1.29 is 34.1 Å². The summed E-state index contributed by atoms with van der Waals surface area (Å²) in [4.78, 5) is 53.8. The number of amides is 1. The molecule has 0 saturated heterocycles. The second-order valence-corrected chi connectivity index (χ2v) is 12.7. The number of fused-ring (bicyclic) bond motifs is 5. The number of ether oxygens (including phenoxy) is 1. The highest BCUT2D eigenvalue weighted by atomic mass is 16.5. The molecule has 1 aromatic heterocycles. The molecule has 9 nitrogen and oxygen atoms in total. The molecule has 1 amide bonds. The first-order valence-corrected chi connectivity index (χ1v) is 14.5. The zero-order valence-electron chi connectivity index (χ0n) is 23.4. The molecule has 3 saturated carbocycles. The SMILES string of the molecule is C[C@]12CCC(=O)C=C1CC[C@H]1[C@@H]2[C@@H](O)C[C@]2(C)[C@H]1CC[C@]2(O)C(=O)COC(=O)CCC(=O)NCc1ccncc1. The molecule has 5 rings (SSSR count). The number of carbonyl (C=O) groups excluding carboxylic acids is 4. The van der Waals surface area contributed by atoms with Crippen molar-refractivity contribution in [3.63, 3.8) is 0 Å². The largest absolute Gasteiger partial charge is 0.458 e. The summed E-state index contributed by atoms with van der Waals surface area (Å²) in [5.41, 5.74) is -0.768. The van der Waals surface area contributed by atoms with Crippen molar-refractivity contribution in [1.29, 1.82) is 0 Å². The standard InChI is InChI=1S/C31H40N2O7/c1-29-11-7-21(34)15-20(29)3-4-22-23-8-12-31(39,30(23,2)16-24(35)28(22)29)25(36)18-40-27(38)6-5-26(37)33-17-19-9-13-32-14-10-19/h9-10,13-15,22-24,28,35,39H,3-8,11-12,16-18H2,1-2H3,(H,33,37)/t22-,23+,24+,28-,29+,30-,31+/m1/s1. The van der Waals surface area contributed by atoms with Gasteiger partial charge in [0, 0.05) is 37.2 Å². The predicted octanol–water partition coefficient (Wildman–Crippen LogP) is 2.82. The Labute approximate surface area is 234 Å². The number of aliphatic hydroxyl groups is 2. The maximum Gasteiger partial charge on any atom is 0.306 e. The van der Waals surface area contributed by atoms with Crippen LogP contribution >= 0.6 is 0 Å². The molecule has 7 atom stereocenters. The highest BCUT2D eigenvalue weighted by Crippen LogP contribution is 2.67. The van der Waals surface area contributed by atoms with Crippen molar-refractivity contribution in [2.45, 2.75) is 89.9 Å². The van der Waals surface area contributed by atoms with Crippen LogP contribution in [0.4, 0.5) is 0 Å². The smallest absolute Gasteiger partial charge is 0.306 e. The molecule has 0 spiro atoms. The van der Waals surface area contributed by atoms with Gasteiger partial charge in [0.2, 0.25) is 11.7 Å². The van der Waals surface area contributed by atoms with Crippen molar-refractivity contribution >= 4 is 23.4 Å². The summed E-state index contributed by atoms with van der Waals surface area (Å²) >= 11 is 0. The van der Waals surface area contributed by atoms with Crippen molar-refractivity contribution in [1.82, 2.24) is 10.3 Å². The molecule has 0 radical (unpaired) electrons. The van der Waals surface area contributed by atoms with E-state index < -0.39 is 35.5 Å². The van der Waals surface area contributed by atoms with Crippen LogP contribution in [0.1, 0.15) is 77.2 Å². The maximum absolute atomic E-state index is 13.4. The van der Waals surface area contributed by atoms with Crippen LogP contribution in [0.2, 0.25) is 0 Å². The first kappa shape index (κ1) is 28.6. The lowest BCUT2D eigenvalue weighted by Gasteiger charge is -2.60. The third kappa shape index (κ3) is 4.91. The molecule has 3 N–H and O–H groups in total. The van der Waals surface area contributed by atoms with E-state index in [0.717, 1.165) is 30.4 Å². The number of aliphatic hydroxyl groups excluding tert-OH is 1. The van der Waals surface area contributed by atoms with Crippen LogP contribution in [0.3, 0.4) is 0 Å². The summed E-state index contributed by atoms with van der Waals surface area (Å²) in [7, 11) is 0. The van der Waals surface area contributed by atoms with E-state index in [4.69, 9.17) is 4.74 Å². The molecule has 3 fully saturated rings. The van der Waals surface area contributed by atoms with E-state index in [0.29, 0.717) is 19.4 Å². The van der Waals surface area contributed by atoms with Gasteiger partial charge in [0.1, 0.15) is 5.60 Å². The highest BCUT2D eigenvalue weighted by molar-refractivity contribution is 5.92. The summed E-state index contributed by atoms with van der Waals surface area (Å²) in [6.07, 6.45) is 8.11. The second kappa shape index (κ2) is 10.8. The second-order valence-electron chi connectivity index (χ2n) is 12.7. The van der Waals surface area contributed by atoms with E-state index in [-0.39, 0.29) is 60.5 Å². The minimum absolute atomic E-state index is 0.0151. The number of Topliss-reactive ketones (excluding diaryl/α,β-unsaturated/α-hetero) is 1. The Bertz CT molecular complexity index is 1220. The average Bonchev–Trinajstić information content (AvgIpc) is 3.20. The van der Waals surface area contributed by atoms with Gasteiger partial charge in [-0.25, -0.2) is 0 Å². The summed E-state index contributed by atoms with van der Waals surface area (Å²) in [5, 5.41) is 26.0. The molecular weight excluding hydrogens is 512 g/mol. The number of aromatic nitrogens is 1. The minimum Gasteiger partial charge on any atom is -0.458 e. The van der Waals surface area contributed by atoms with Crippen LogP contribution in [-0.2, 0) is 30.5 Å². The molecule has 0 aromatic carbocycles. The predicted molar refractivity (Wildman–Crippen MR) is 144 cm³/mol. The van der Waals surface area contributed by atoms with Crippen molar-refractivity contribution in [3.05, 3.63) is 41.7 Å². The van der Waals surface area contributed by atoms with Gasteiger partial charge < -0.3 is 20.3 Å². The number of esters is 1. The zero-order valence-corrected chi connectivity index (χ0v) is 23.4. The van der Waals surface area contributed by atoms with E-state index in [9.17, 15) is 29.4 Å². The molecule has 1 heterocycles. The molecule has 0 unspecified atom stereocenters. The first-order valence-electron chi connectivity index (χ1n) is 14.5. The van der Waals surface area contributed by atoms with Gasteiger partial charge in [-0.2, -0.15) is 0 Å². The topological polar surface area (TPSA) is 143 Å². The van der Waals surface area contributed by atoms with Gasteiger partial charge in [-0.05, 0) is 85.5 Å². The van der Waals surface area contributed by atoms with E-state index in [1.54, 1.807) is 30.6 Å². The maximum atomic E-state index is 13.4. The summed E-state index contributed by atoms with van der Waals surface area (Å²) in [6.45, 7) is 3.83. The number of hydrogen-bond donors (Lipinski definition) is 3. The summed E-state index contributed by atoms with van der Waals surface area (Å²) in [6, 6.07) is 3.57. The molecule has 40 heavy (non-hydrogen) atoms. The number of nitrogens with zero attached hydrogens (tertiary/aromatic N) is 1. The zero-order chi connectivity index (χ0) is 28.7. The fourth-order valence-electron chi connectivity index (χ4n) is 8.49. The number of nitrogens with one attached hydrogen (secondary N) is 1. The summed E-state index contributed by atoms with van der Waals surface area (Å²) in [5.74, 6) is -1.21. The lowest BCUT2D eigenvalue weighted by Crippen LogP contribution is -2.62. The first-order chi connectivity index (χ1) is 19.0. The average molecular weight is 553 g/mol. The third-order valence-electron chi connectivity index (χ3n) is 10.7. The Morgan fingerprint density at radius 2 is 1.85 bits per heavy atom. The molecule has 9 heteroatoms. The fraction of sp³-hybridized carbons (Fsp3) is 0.645. The minimum atomic E-state index is -1.70. The molecule has 216 valence electrons. The van der Waals surface area contributed by atoms with Gasteiger partial charge >= 0.3 is 5.97 Å². The number of ketones is 2. The molecular formula is C31H40N2O7. The Balaban J connectivity index is 1.18. The van der Waals surface area contributed by atoms with Crippen molar-refractivity contribution in [2.24, 2.45) is 28.6 Å². The van der Waals surface area contributed by atoms with Gasteiger partial charge in [0.15, 0.2) is 12.4 Å². The van der Waals surface area contributed by atoms with E-state index in [1.807, 2.05) is 6.92 Å². The Morgan fingerprint density at radius 1 is 1.10 bits per heavy atom. The molecule has 1 aromatic rings. The highest BCUT2D eigenvalue weighted by Gasteiger charge is 2.68. The lowest BCUT2D eigenvalue weighted by atomic mass is 9.45. The van der Waals surface area contributed by atoms with E-state index >= 15 is 0 Å². The van der Waals surface area contributed by atoms with Gasteiger partial charge in [-0.3, -0.25) is 24.2 Å². The summed E-state index contributed by atoms with van der Waals surface area (Å²) < 4.78 is 5.21. The molecule has 0 bridgehead atoms. The monoisotopic (exact) mass is 552 g/mol. The Morgan fingerprint density at radius 3 is 2.60 bits per heavy atom. The number of rotatable bonds is 8. The van der Waals surface area contributed by atoms with E-state index in [2.05, 4.69) is 17.2 Å². The van der Waals surface area contributed by atoms with E-state index in [1.165, 1.54) is 0 Å². The van der Waals surface area contributed by atoms with Crippen LogP contribution in [0, 0.1) is 28.6 Å². The van der Waals surface area contributed by atoms with Crippen LogP contribution in [-0.4, -0.2) is 57.0 Å². The number of pyridine rings is 1. The fourth-order valence-corrected chi connectivity index (χ4v) is 8.49. The van der Waals surface area contributed by atoms with Gasteiger partial charge in [0.25, 0.3) is 0 Å². The number of hydrogen-bond acceptors (Lipinski definition) is 8. The lowest BCUT2D eigenvalue weighted by molar-refractivity contribution is -0.184. The Kier molecular flexibility index (Phi) is 7.74. The van der Waals surface area contributed by atoms with Gasteiger partial charge in [0.05, 0.1) is 12.5 Å². The van der Waals surface area contributed by atoms with Crippen LogP contribution in [0.15, 0.2) is 36.2 Å². The third-order valence-corrected chi connectivity index (χ3v) is 10.7. The van der Waals surface area contributed by atoms with Crippen LogP contribution < -0.4 is 5.32 Å². The molecule has 4 aliphatic carbocycles. The normalized spacial score (nSPS) is 36.5. The van der Waals surface area contributed by atoms with Gasteiger partial charge in [-0.1, -0.05) is 19.4 Å². The number of carbonyl (C=O) groups is 4. The number of allylic oxidation sites excluding steroid dienone is 1. The molecule has 4 aliphatic rings. The molecule has 0 aliphatic heterocycles.